The number of hydrogen-bond donors (Lipinski definition) is 1. The van der Waals surface area contributed by atoms with Crippen LogP contribution in [0.3, 0.4) is 0 Å². The molecule has 0 aliphatic rings. The summed E-state index contributed by atoms with van der Waals surface area (Å²) in [5.74, 6) is 2.18. The number of phenolic OH excluding ortho intramolecular Hbond substituents is 1. The highest BCUT2D eigenvalue weighted by Gasteiger charge is 1.86. The molecule has 0 bridgehead atoms. The number of rotatable bonds is 0. The van der Waals surface area contributed by atoms with Crippen molar-refractivity contribution in [1.29, 1.82) is 0 Å². The van der Waals surface area contributed by atoms with E-state index >= 15 is 0 Å². The lowest BCUT2D eigenvalue weighted by molar-refractivity contribution is 0.471. The summed E-state index contributed by atoms with van der Waals surface area (Å²) in [6.07, 6.45) is 1.25. The van der Waals surface area contributed by atoms with E-state index in [9.17, 15) is 0 Å². The third kappa shape index (κ3) is 25.6. The molecule has 0 atom stereocenters. The number of halogens is 1. The number of alkyl halides is 1. The lowest BCUT2D eigenvalue weighted by atomic mass is 10.2. The molecule has 104 valence electrons. The summed E-state index contributed by atoms with van der Waals surface area (Å²) in [4.78, 5) is 0. The highest BCUT2D eigenvalue weighted by Crippen LogP contribution is 2.12. The number of aromatic hydroxyl groups is 1. The Bertz CT molecular complexity index is 179. The van der Waals surface area contributed by atoms with Crippen LogP contribution in [0.15, 0.2) is 24.3 Å². The fourth-order valence-corrected chi connectivity index (χ4v) is 0.563. The van der Waals surface area contributed by atoms with Gasteiger partial charge in [0.25, 0.3) is 0 Å². The molecule has 0 spiro atoms. The van der Waals surface area contributed by atoms with Crippen LogP contribution in [-0.2, 0) is 0 Å². The molecule has 0 saturated heterocycles. The first-order valence-corrected chi connectivity index (χ1v) is 7.93. The summed E-state index contributed by atoms with van der Waals surface area (Å²) in [6.45, 7) is 14.1. The third-order valence-electron chi connectivity index (χ3n) is 1.12. The van der Waals surface area contributed by atoms with E-state index in [1.807, 2.05) is 58.7 Å². The van der Waals surface area contributed by atoms with Crippen LogP contribution >= 0.6 is 15.9 Å². The van der Waals surface area contributed by atoms with Gasteiger partial charge >= 0.3 is 0 Å². The lowest BCUT2D eigenvalue weighted by Gasteiger charge is -1.92. The van der Waals surface area contributed by atoms with Gasteiger partial charge < -0.3 is 5.11 Å². The Morgan fingerprint density at radius 3 is 1.41 bits per heavy atom. The zero-order valence-corrected chi connectivity index (χ0v) is 14.4. The molecule has 1 N–H and O–H groups in total. The average molecular weight is 307 g/mol. The standard InChI is InChI=1S/C7H8O.C3H8.2C2H6.CH3Br/c1-6-4-2-3-5-7(6)8;1-3-2;3*1-2/h2-5,8H,1H3;3H2,1-2H3;2*1-2H3;1H3. The quantitative estimate of drug-likeness (QED) is 0.567. The van der Waals surface area contributed by atoms with Crippen molar-refractivity contribution in [2.45, 2.75) is 54.9 Å². The smallest absolute Gasteiger partial charge is 0.118 e. The minimum Gasteiger partial charge on any atom is -0.508 e. The molecule has 0 radical (unpaired) electrons. The second-order valence-corrected chi connectivity index (χ2v) is 2.49. The number of hydrogen-bond acceptors (Lipinski definition) is 1. The molecular formula is C15H31BrO. The third-order valence-corrected chi connectivity index (χ3v) is 1.12. The van der Waals surface area contributed by atoms with Gasteiger partial charge in [0.1, 0.15) is 5.75 Å². The van der Waals surface area contributed by atoms with Crippen molar-refractivity contribution in [2.75, 3.05) is 5.83 Å². The van der Waals surface area contributed by atoms with Crippen molar-refractivity contribution in [2.24, 2.45) is 0 Å². The van der Waals surface area contributed by atoms with E-state index in [2.05, 4.69) is 29.8 Å². The number of benzene rings is 1. The molecule has 17 heavy (non-hydrogen) atoms. The highest BCUT2D eigenvalue weighted by atomic mass is 79.9. The van der Waals surface area contributed by atoms with Gasteiger partial charge in [0, 0.05) is 0 Å². The fraction of sp³-hybridized carbons (Fsp3) is 0.600. The monoisotopic (exact) mass is 306 g/mol. The SMILES string of the molecule is CBr.CC.CC.CCC.Cc1ccccc1O. The van der Waals surface area contributed by atoms with Crippen molar-refractivity contribution >= 4 is 15.9 Å². The van der Waals surface area contributed by atoms with Gasteiger partial charge in [-0.25, -0.2) is 0 Å². The lowest BCUT2D eigenvalue weighted by Crippen LogP contribution is -1.68. The molecule has 0 aromatic heterocycles. The summed E-state index contributed by atoms with van der Waals surface area (Å²) >= 11 is 2.94. The maximum absolute atomic E-state index is 8.92. The molecule has 1 aromatic rings. The molecule has 0 heterocycles. The number of phenols is 1. The predicted octanol–water partition coefficient (Wildman–Crippen LogP) is 6.18. The molecule has 0 unspecified atom stereocenters. The summed E-state index contributed by atoms with van der Waals surface area (Å²) in [6, 6.07) is 7.25. The van der Waals surface area contributed by atoms with Crippen LogP contribution in [0.4, 0.5) is 0 Å². The van der Waals surface area contributed by atoms with Crippen LogP contribution in [0.1, 0.15) is 53.5 Å². The van der Waals surface area contributed by atoms with Gasteiger partial charge in [0.15, 0.2) is 0 Å². The Balaban J connectivity index is -0.0000000801. The molecular weight excluding hydrogens is 276 g/mol. The zero-order valence-electron chi connectivity index (χ0n) is 12.8. The van der Waals surface area contributed by atoms with Gasteiger partial charge in [0.2, 0.25) is 0 Å². The molecule has 0 fully saturated rings. The summed E-state index contributed by atoms with van der Waals surface area (Å²) in [5, 5.41) is 8.92. The van der Waals surface area contributed by atoms with Crippen molar-refractivity contribution < 1.29 is 5.11 Å². The van der Waals surface area contributed by atoms with Gasteiger partial charge in [-0.1, -0.05) is 82.1 Å². The maximum atomic E-state index is 8.92. The summed E-state index contributed by atoms with van der Waals surface area (Å²) in [7, 11) is 0. The molecule has 1 nitrogen and oxygen atoms in total. The van der Waals surface area contributed by atoms with Crippen molar-refractivity contribution in [3.05, 3.63) is 29.8 Å². The van der Waals surface area contributed by atoms with Gasteiger partial charge in [-0.3, -0.25) is 0 Å². The van der Waals surface area contributed by atoms with Crippen molar-refractivity contribution in [3.63, 3.8) is 0 Å². The Morgan fingerprint density at radius 2 is 1.24 bits per heavy atom. The first-order chi connectivity index (χ1) is 8.22. The van der Waals surface area contributed by atoms with Crippen LogP contribution in [0, 0.1) is 6.92 Å². The van der Waals surface area contributed by atoms with E-state index in [1.54, 1.807) is 6.07 Å². The van der Waals surface area contributed by atoms with E-state index in [0.29, 0.717) is 5.75 Å². The molecule has 0 saturated carbocycles. The Hall–Kier alpha value is -0.500. The van der Waals surface area contributed by atoms with E-state index in [0.717, 1.165) is 5.56 Å². The van der Waals surface area contributed by atoms with Crippen LogP contribution in [0.25, 0.3) is 0 Å². The Kier molecular flexibility index (Phi) is 44.1. The normalized spacial score (nSPS) is 6.41. The molecule has 0 aliphatic heterocycles. The predicted molar refractivity (Wildman–Crippen MR) is 86.4 cm³/mol. The van der Waals surface area contributed by atoms with Crippen LogP contribution in [-0.4, -0.2) is 10.9 Å². The molecule has 0 aliphatic carbocycles. The second kappa shape index (κ2) is 29.6. The average Bonchev–Trinajstić information content (AvgIpc) is 2.41. The van der Waals surface area contributed by atoms with Gasteiger partial charge in [-0.15, -0.1) is 0 Å². The Labute approximate surface area is 117 Å². The van der Waals surface area contributed by atoms with E-state index < -0.39 is 0 Å². The first kappa shape index (κ1) is 25.4. The van der Waals surface area contributed by atoms with E-state index in [1.165, 1.54) is 6.42 Å². The number of para-hydroxylation sites is 1. The molecule has 1 aromatic carbocycles. The highest BCUT2D eigenvalue weighted by molar-refractivity contribution is 9.08. The maximum Gasteiger partial charge on any atom is 0.118 e. The topological polar surface area (TPSA) is 20.2 Å². The Morgan fingerprint density at radius 1 is 0.941 bits per heavy atom. The minimum absolute atomic E-state index is 0.368. The zero-order chi connectivity index (χ0) is 14.7. The summed E-state index contributed by atoms with van der Waals surface area (Å²) in [5.41, 5.74) is 0.924. The molecule has 1 rings (SSSR count). The largest absolute Gasteiger partial charge is 0.508 e. The first-order valence-electron chi connectivity index (χ1n) is 6.34. The summed E-state index contributed by atoms with van der Waals surface area (Å²) < 4.78 is 0. The van der Waals surface area contributed by atoms with Crippen molar-refractivity contribution in [1.82, 2.24) is 0 Å². The van der Waals surface area contributed by atoms with Crippen molar-refractivity contribution in [3.8, 4) is 5.75 Å². The van der Waals surface area contributed by atoms with Crippen LogP contribution < -0.4 is 0 Å². The van der Waals surface area contributed by atoms with Gasteiger partial charge in [-0.05, 0) is 24.4 Å². The van der Waals surface area contributed by atoms with Crippen LogP contribution in [0.5, 0.6) is 5.75 Å². The van der Waals surface area contributed by atoms with Gasteiger partial charge in [-0.2, -0.15) is 0 Å². The van der Waals surface area contributed by atoms with E-state index in [-0.39, 0.29) is 0 Å². The molecule has 2 heteroatoms. The second-order valence-electron chi connectivity index (χ2n) is 2.49. The van der Waals surface area contributed by atoms with Crippen LogP contribution in [0.2, 0.25) is 0 Å². The minimum atomic E-state index is 0.368. The number of aryl methyl sites for hydroxylation is 1. The fourth-order valence-electron chi connectivity index (χ4n) is 0.563. The molecule has 0 amide bonds. The van der Waals surface area contributed by atoms with Gasteiger partial charge in [0.05, 0.1) is 0 Å². The van der Waals surface area contributed by atoms with E-state index in [4.69, 9.17) is 5.11 Å².